The Bertz CT molecular complexity index is 1090. The van der Waals surface area contributed by atoms with Crippen LogP contribution in [0.3, 0.4) is 0 Å². The Kier molecular flexibility index (Phi) is 7.29. The van der Waals surface area contributed by atoms with E-state index in [0.717, 1.165) is 17.5 Å². The van der Waals surface area contributed by atoms with Crippen molar-refractivity contribution in [2.75, 3.05) is 26.2 Å². The van der Waals surface area contributed by atoms with Crippen LogP contribution in [0.5, 0.6) is 0 Å². The normalized spacial score (nSPS) is 23.1. The van der Waals surface area contributed by atoms with Crippen molar-refractivity contribution in [3.63, 3.8) is 0 Å². The predicted octanol–water partition coefficient (Wildman–Crippen LogP) is 4.07. The van der Waals surface area contributed by atoms with Crippen molar-refractivity contribution in [3.05, 3.63) is 30.1 Å². The van der Waals surface area contributed by atoms with E-state index in [1.165, 1.54) is 4.90 Å². The number of aromatic amines is 1. The van der Waals surface area contributed by atoms with E-state index >= 15 is 0 Å². The number of amides is 3. The van der Waals surface area contributed by atoms with E-state index in [-0.39, 0.29) is 35.5 Å². The molecule has 1 aromatic heterocycles. The lowest BCUT2D eigenvalue weighted by Crippen LogP contribution is -2.65. The standard InChI is InChI=1S/C27H39N5O4/c1-17(2)14-31(25(34)24-28-19-9-6-7-10-20(19)29-24)21-13-18(15-30-12-8-11-22(30)33)16-32(26(35)36)23(21)27(3,4)5/h6-7,9-10,17-18,21,23H,8,11-16H2,1-5H3,(H,28,29)(H,35,36)/t18-,21-,23?/m0/s1. The number of nitrogens with zero attached hydrogens (tertiary/aromatic N) is 4. The third kappa shape index (κ3) is 5.34. The average Bonchev–Trinajstić information content (AvgIpc) is 3.41. The molecule has 0 spiro atoms. The smallest absolute Gasteiger partial charge is 0.407 e. The van der Waals surface area contributed by atoms with Crippen molar-refractivity contribution in [2.45, 2.75) is 66.0 Å². The number of nitrogens with one attached hydrogen (secondary N) is 1. The van der Waals surface area contributed by atoms with Gasteiger partial charge in [0, 0.05) is 32.6 Å². The van der Waals surface area contributed by atoms with Crippen molar-refractivity contribution in [1.82, 2.24) is 24.7 Å². The van der Waals surface area contributed by atoms with Crippen LogP contribution in [0.1, 0.15) is 64.5 Å². The van der Waals surface area contributed by atoms with Gasteiger partial charge in [-0.25, -0.2) is 9.78 Å². The van der Waals surface area contributed by atoms with Gasteiger partial charge in [0.05, 0.1) is 23.1 Å². The molecule has 2 aromatic rings. The molecular formula is C27H39N5O4. The highest BCUT2D eigenvalue weighted by Gasteiger charge is 2.48. The number of piperidine rings is 1. The number of aromatic nitrogens is 2. The molecule has 9 nitrogen and oxygen atoms in total. The molecule has 2 aliphatic heterocycles. The molecule has 1 aromatic carbocycles. The maximum absolute atomic E-state index is 14.0. The Hall–Kier alpha value is -3.10. The average molecular weight is 498 g/mol. The number of carbonyl (C=O) groups is 3. The predicted molar refractivity (Wildman–Crippen MR) is 138 cm³/mol. The van der Waals surface area contributed by atoms with E-state index in [2.05, 4.69) is 23.8 Å². The van der Waals surface area contributed by atoms with Crippen LogP contribution in [-0.4, -0.2) is 85.9 Å². The highest BCUT2D eigenvalue weighted by atomic mass is 16.4. The number of fused-ring (bicyclic) bond motifs is 1. The number of benzene rings is 1. The minimum absolute atomic E-state index is 0.0510. The minimum atomic E-state index is -0.988. The van der Waals surface area contributed by atoms with Crippen molar-refractivity contribution in [3.8, 4) is 0 Å². The van der Waals surface area contributed by atoms with Gasteiger partial charge in [-0.15, -0.1) is 0 Å². The van der Waals surface area contributed by atoms with Gasteiger partial charge in [-0.3, -0.25) is 9.59 Å². The van der Waals surface area contributed by atoms with Crippen LogP contribution in [0.2, 0.25) is 0 Å². The SMILES string of the molecule is CC(C)CN(C(=O)c1nc2ccccc2[nH]1)[C@H]1C[C@@H](CN2CCCC2=O)CN(C(=O)O)C1C(C)(C)C. The molecule has 9 heteroatoms. The molecule has 0 aliphatic carbocycles. The fourth-order valence-electron chi connectivity index (χ4n) is 5.98. The number of para-hydroxylation sites is 2. The van der Waals surface area contributed by atoms with Gasteiger partial charge < -0.3 is 24.8 Å². The van der Waals surface area contributed by atoms with Crippen LogP contribution in [0.25, 0.3) is 11.0 Å². The fourth-order valence-corrected chi connectivity index (χ4v) is 5.98. The first-order chi connectivity index (χ1) is 17.0. The highest BCUT2D eigenvalue weighted by Crippen LogP contribution is 2.38. The Morgan fingerprint density at radius 2 is 1.97 bits per heavy atom. The number of H-pyrrole nitrogens is 1. The van der Waals surface area contributed by atoms with Gasteiger partial charge in [-0.2, -0.15) is 0 Å². The largest absolute Gasteiger partial charge is 0.465 e. The zero-order valence-corrected chi connectivity index (χ0v) is 22.0. The molecule has 36 heavy (non-hydrogen) atoms. The molecule has 2 saturated heterocycles. The summed E-state index contributed by atoms with van der Waals surface area (Å²) in [6, 6.07) is 6.79. The minimum Gasteiger partial charge on any atom is -0.465 e. The topological polar surface area (TPSA) is 110 Å². The number of hydrogen-bond acceptors (Lipinski definition) is 4. The number of carbonyl (C=O) groups excluding carboxylic acids is 2. The lowest BCUT2D eigenvalue weighted by atomic mass is 9.74. The molecule has 3 amide bonds. The first-order valence-corrected chi connectivity index (χ1v) is 13.0. The summed E-state index contributed by atoms with van der Waals surface area (Å²) in [5.74, 6) is 0.303. The Morgan fingerprint density at radius 1 is 1.25 bits per heavy atom. The molecule has 1 unspecified atom stereocenters. The van der Waals surface area contributed by atoms with Crippen LogP contribution in [0.4, 0.5) is 4.79 Å². The lowest BCUT2D eigenvalue weighted by Gasteiger charge is -2.52. The molecular weight excluding hydrogens is 458 g/mol. The van der Waals surface area contributed by atoms with Crippen molar-refractivity contribution in [1.29, 1.82) is 0 Å². The Morgan fingerprint density at radius 3 is 2.56 bits per heavy atom. The first kappa shape index (κ1) is 26.0. The summed E-state index contributed by atoms with van der Waals surface area (Å²) in [4.78, 5) is 51.8. The van der Waals surface area contributed by atoms with Gasteiger partial charge in [-0.1, -0.05) is 46.8 Å². The summed E-state index contributed by atoms with van der Waals surface area (Å²) >= 11 is 0. The summed E-state index contributed by atoms with van der Waals surface area (Å²) in [5, 5.41) is 10.3. The number of likely N-dealkylation sites (tertiary alicyclic amines) is 2. The Balaban J connectivity index is 1.73. The molecule has 0 radical (unpaired) electrons. The van der Waals surface area contributed by atoms with Gasteiger partial charge in [0.15, 0.2) is 5.82 Å². The molecule has 4 rings (SSSR count). The van der Waals surface area contributed by atoms with Crippen LogP contribution in [-0.2, 0) is 4.79 Å². The molecule has 2 N–H and O–H groups in total. The van der Waals surface area contributed by atoms with Crippen molar-refractivity contribution in [2.24, 2.45) is 17.3 Å². The zero-order chi connectivity index (χ0) is 26.2. The highest BCUT2D eigenvalue weighted by molar-refractivity contribution is 5.94. The van der Waals surface area contributed by atoms with Gasteiger partial charge >= 0.3 is 6.09 Å². The van der Waals surface area contributed by atoms with Crippen LogP contribution < -0.4 is 0 Å². The molecule has 3 heterocycles. The van der Waals surface area contributed by atoms with E-state index in [1.54, 1.807) is 0 Å². The third-order valence-electron chi connectivity index (χ3n) is 7.33. The summed E-state index contributed by atoms with van der Waals surface area (Å²) in [6.45, 7) is 12.3. The second kappa shape index (κ2) is 10.1. The van der Waals surface area contributed by atoms with Crippen LogP contribution in [0.15, 0.2) is 24.3 Å². The van der Waals surface area contributed by atoms with Crippen molar-refractivity contribution >= 4 is 28.9 Å². The monoisotopic (exact) mass is 497 g/mol. The van der Waals surface area contributed by atoms with Crippen LogP contribution >= 0.6 is 0 Å². The number of rotatable bonds is 6. The van der Waals surface area contributed by atoms with E-state index in [1.807, 2.05) is 54.8 Å². The molecule has 2 fully saturated rings. The van der Waals surface area contributed by atoms with Gasteiger partial charge in [0.25, 0.3) is 5.91 Å². The fraction of sp³-hybridized carbons (Fsp3) is 0.630. The summed E-state index contributed by atoms with van der Waals surface area (Å²) in [5.41, 5.74) is 1.11. The number of imidazole rings is 1. The first-order valence-electron chi connectivity index (χ1n) is 13.0. The Labute approximate surface area is 212 Å². The van der Waals surface area contributed by atoms with Gasteiger partial charge in [0.1, 0.15) is 0 Å². The third-order valence-corrected chi connectivity index (χ3v) is 7.33. The number of hydrogen-bond donors (Lipinski definition) is 2. The molecule has 3 atom stereocenters. The second-order valence-corrected chi connectivity index (χ2v) is 11.8. The molecule has 2 aliphatic rings. The zero-order valence-electron chi connectivity index (χ0n) is 22.0. The molecule has 0 bridgehead atoms. The van der Waals surface area contributed by atoms with Crippen molar-refractivity contribution < 1.29 is 19.5 Å². The lowest BCUT2D eigenvalue weighted by molar-refractivity contribution is -0.128. The van der Waals surface area contributed by atoms with E-state index in [9.17, 15) is 19.5 Å². The van der Waals surface area contributed by atoms with Gasteiger partial charge in [-0.05, 0) is 42.2 Å². The summed E-state index contributed by atoms with van der Waals surface area (Å²) < 4.78 is 0. The second-order valence-electron chi connectivity index (χ2n) is 11.8. The maximum Gasteiger partial charge on any atom is 0.407 e. The van der Waals surface area contributed by atoms with Gasteiger partial charge in [0.2, 0.25) is 5.91 Å². The van der Waals surface area contributed by atoms with E-state index in [0.29, 0.717) is 39.0 Å². The molecule has 196 valence electrons. The van der Waals surface area contributed by atoms with E-state index < -0.39 is 17.6 Å². The summed E-state index contributed by atoms with van der Waals surface area (Å²) in [6.07, 6.45) is 1.03. The maximum atomic E-state index is 14.0. The summed E-state index contributed by atoms with van der Waals surface area (Å²) in [7, 11) is 0. The van der Waals surface area contributed by atoms with E-state index in [4.69, 9.17) is 0 Å². The van der Waals surface area contributed by atoms with Crippen LogP contribution in [0, 0.1) is 17.3 Å². The molecule has 0 saturated carbocycles. The number of carboxylic acid groups (broad SMARTS) is 1. The quantitative estimate of drug-likeness (QED) is 0.625.